The highest BCUT2D eigenvalue weighted by Gasteiger charge is 2.16. The molecule has 0 spiro atoms. The molecule has 0 saturated heterocycles. The first kappa shape index (κ1) is 17.2. The second-order valence-corrected chi connectivity index (χ2v) is 6.77. The van der Waals surface area contributed by atoms with Gasteiger partial charge in [0.05, 0.1) is 17.2 Å². The van der Waals surface area contributed by atoms with Gasteiger partial charge in [-0.3, -0.25) is 5.32 Å². The molecular weight excluding hydrogens is 332 g/mol. The Morgan fingerprint density at radius 3 is 2.12 bits per heavy atom. The number of benzene rings is 2. The zero-order valence-electron chi connectivity index (χ0n) is 14.5. The zero-order valence-corrected chi connectivity index (χ0v) is 15.3. The summed E-state index contributed by atoms with van der Waals surface area (Å²) in [7, 11) is 0. The summed E-state index contributed by atoms with van der Waals surface area (Å²) < 4.78 is 4.95. The van der Waals surface area contributed by atoms with Gasteiger partial charge in [-0.1, -0.05) is 71.0 Å². The average Bonchev–Trinajstić information content (AvgIpc) is 3.00. The van der Waals surface area contributed by atoms with Crippen molar-refractivity contribution in [2.45, 2.75) is 20.8 Å². The first-order valence-corrected chi connectivity index (χ1v) is 8.97. The van der Waals surface area contributed by atoms with Crippen molar-refractivity contribution in [1.82, 2.24) is 4.98 Å². The van der Waals surface area contributed by atoms with E-state index < -0.39 is 6.09 Å². The smallest absolute Gasteiger partial charge is 0.413 e. The molecule has 128 valence electrons. The highest BCUT2D eigenvalue weighted by molar-refractivity contribution is 7.19. The van der Waals surface area contributed by atoms with Crippen LogP contribution in [0.25, 0.3) is 21.7 Å². The van der Waals surface area contributed by atoms with Crippen molar-refractivity contribution in [3.8, 4) is 21.7 Å². The zero-order chi connectivity index (χ0) is 17.8. The van der Waals surface area contributed by atoms with Crippen molar-refractivity contribution >= 4 is 22.6 Å². The summed E-state index contributed by atoms with van der Waals surface area (Å²) in [5.74, 6) is 0. The number of ether oxygens (including phenoxy) is 1. The monoisotopic (exact) mass is 352 g/mol. The van der Waals surface area contributed by atoms with E-state index in [0.717, 1.165) is 21.7 Å². The highest BCUT2D eigenvalue weighted by atomic mass is 32.1. The maximum Gasteiger partial charge on any atom is 0.413 e. The Labute approximate surface area is 151 Å². The van der Waals surface area contributed by atoms with Gasteiger partial charge in [0.2, 0.25) is 0 Å². The van der Waals surface area contributed by atoms with Gasteiger partial charge in [-0.15, -0.1) is 0 Å². The number of nitrogens with zero attached hydrogens (tertiary/aromatic N) is 1. The van der Waals surface area contributed by atoms with Crippen LogP contribution in [0.3, 0.4) is 0 Å². The molecule has 3 aromatic rings. The van der Waals surface area contributed by atoms with Crippen molar-refractivity contribution in [2.75, 3.05) is 11.9 Å². The molecule has 0 bridgehead atoms. The van der Waals surface area contributed by atoms with Crippen LogP contribution >= 0.6 is 11.3 Å². The van der Waals surface area contributed by atoms with Crippen LogP contribution in [0.15, 0.2) is 48.5 Å². The Bertz CT molecular complexity index is 805. The van der Waals surface area contributed by atoms with E-state index in [9.17, 15) is 4.79 Å². The quantitative estimate of drug-likeness (QED) is 0.659. The number of thiazole rings is 1. The number of hydrogen-bond acceptors (Lipinski definition) is 4. The molecule has 25 heavy (non-hydrogen) atoms. The van der Waals surface area contributed by atoms with Gasteiger partial charge in [-0.05, 0) is 26.3 Å². The number of aryl methyl sites for hydroxylation is 2. The lowest BCUT2D eigenvalue weighted by atomic mass is 10.0. The van der Waals surface area contributed by atoms with Crippen LogP contribution in [0, 0.1) is 13.8 Å². The second kappa shape index (κ2) is 7.49. The van der Waals surface area contributed by atoms with Crippen molar-refractivity contribution in [3.05, 3.63) is 59.7 Å². The van der Waals surface area contributed by atoms with Crippen LogP contribution in [0.5, 0.6) is 0 Å². The molecule has 0 saturated carbocycles. The first-order chi connectivity index (χ1) is 12.1. The lowest BCUT2D eigenvalue weighted by Gasteiger charge is -2.04. The van der Waals surface area contributed by atoms with Crippen LogP contribution in [0.2, 0.25) is 0 Å². The maximum atomic E-state index is 11.7. The van der Waals surface area contributed by atoms with Crippen LogP contribution in [0.1, 0.15) is 18.1 Å². The molecule has 0 aliphatic heterocycles. The lowest BCUT2D eigenvalue weighted by Crippen LogP contribution is -2.12. The van der Waals surface area contributed by atoms with Gasteiger partial charge in [0.1, 0.15) is 0 Å². The molecule has 5 heteroatoms. The summed E-state index contributed by atoms with van der Waals surface area (Å²) >= 11 is 1.45. The molecule has 1 aromatic heterocycles. The molecule has 1 amide bonds. The number of anilines is 1. The molecule has 0 fully saturated rings. The fourth-order valence-electron chi connectivity index (χ4n) is 2.44. The predicted molar refractivity (Wildman–Crippen MR) is 103 cm³/mol. The normalized spacial score (nSPS) is 10.5. The minimum absolute atomic E-state index is 0.326. The Hall–Kier alpha value is -2.66. The molecule has 3 rings (SSSR count). The summed E-state index contributed by atoms with van der Waals surface area (Å²) in [6.07, 6.45) is -0.484. The van der Waals surface area contributed by atoms with Crippen LogP contribution in [-0.4, -0.2) is 17.7 Å². The molecule has 0 aliphatic carbocycles. The third-order valence-corrected chi connectivity index (χ3v) is 4.77. The fraction of sp³-hybridized carbons (Fsp3) is 0.200. The molecule has 0 unspecified atom stereocenters. The first-order valence-electron chi connectivity index (χ1n) is 8.15. The molecule has 1 N–H and O–H groups in total. The summed E-state index contributed by atoms with van der Waals surface area (Å²) in [6.45, 7) is 6.22. The van der Waals surface area contributed by atoms with E-state index in [4.69, 9.17) is 4.74 Å². The largest absolute Gasteiger partial charge is 0.450 e. The predicted octanol–water partition coefficient (Wildman–Crippen LogP) is 5.66. The minimum Gasteiger partial charge on any atom is -0.450 e. The van der Waals surface area contributed by atoms with Crippen LogP contribution in [-0.2, 0) is 4.74 Å². The Morgan fingerprint density at radius 2 is 1.56 bits per heavy atom. The number of aromatic nitrogens is 1. The average molecular weight is 352 g/mol. The van der Waals surface area contributed by atoms with Gasteiger partial charge in [-0.2, -0.15) is 0 Å². The molecule has 4 nitrogen and oxygen atoms in total. The van der Waals surface area contributed by atoms with Crippen molar-refractivity contribution in [1.29, 1.82) is 0 Å². The molecule has 0 aliphatic rings. The van der Waals surface area contributed by atoms with Gasteiger partial charge < -0.3 is 4.74 Å². The van der Waals surface area contributed by atoms with Gasteiger partial charge >= 0.3 is 6.09 Å². The number of carbonyl (C=O) groups excluding carboxylic acids is 1. The Kier molecular flexibility index (Phi) is 5.14. The number of amides is 1. The Balaban J connectivity index is 2.04. The van der Waals surface area contributed by atoms with E-state index in [1.165, 1.54) is 22.5 Å². The molecule has 1 heterocycles. The maximum absolute atomic E-state index is 11.7. The van der Waals surface area contributed by atoms with E-state index >= 15 is 0 Å². The SMILES string of the molecule is CCOC(=O)Nc1nc(-c2ccc(C)cc2)c(-c2ccc(C)cc2)s1. The minimum atomic E-state index is -0.484. The molecule has 2 aromatic carbocycles. The lowest BCUT2D eigenvalue weighted by molar-refractivity contribution is 0.168. The van der Waals surface area contributed by atoms with E-state index in [0.29, 0.717) is 11.7 Å². The van der Waals surface area contributed by atoms with E-state index in [1.54, 1.807) is 6.92 Å². The molecule has 0 radical (unpaired) electrons. The third-order valence-electron chi connectivity index (χ3n) is 3.75. The Morgan fingerprint density at radius 1 is 1.00 bits per heavy atom. The van der Waals surface area contributed by atoms with E-state index in [-0.39, 0.29) is 0 Å². The van der Waals surface area contributed by atoms with Gasteiger partial charge in [0.25, 0.3) is 0 Å². The number of nitrogens with one attached hydrogen (secondary N) is 1. The summed E-state index contributed by atoms with van der Waals surface area (Å²) in [5.41, 5.74) is 5.36. The third kappa shape index (κ3) is 4.06. The topological polar surface area (TPSA) is 51.2 Å². The second-order valence-electron chi connectivity index (χ2n) is 5.77. The van der Waals surface area contributed by atoms with Crippen molar-refractivity contribution in [2.24, 2.45) is 0 Å². The van der Waals surface area contributed by atoms with Gasteiger partial charge in [-0.25, -0.2) is 9.78 Å². The van der Waals surface area contributed by atoms with Gasteiger partial charge in [0, 0.05) is 5.56 Å². The number of hydrogen-bond donors (Lipinski definition) is 1. The standard InChI is InChI=1S/C20H20N2O2S/c1-4-24-20(23)22-19-21-17(15-9-5-13(2)6-10-15)18(25-19)16-11-7-14(3)8-12-16/h5-12H,4H2,1-3H3,(H,21,22,23). The van der Waals surface area contributed by atoms with Crippen molar-refractivity contribution in [3.63, 3.8) is 0 Å². The highest BCUT2D eigenvalue weighted by Crippen LogP contribution is 2.39. The number of rotatable bonds is 4. The van der Waals surface area contributed by atoms with E-state index in [2.05, 4.69) is 72.7 Å². The van der Waals surface area contributed by atoms with Crippen LogP contribution in [0.4, 0.5) is 9.93 Å². The summed E-state index contributed by atoms with van der Waals surface area (Å²) in [6, 6.07) is 16.5. The fourth-order valence-corrected chi connectivity index (χ4v) is 3.41. The van der Waals surface area contributed by atoms with Crippen molar-refractivity contribution < 1.29 is 9.53 Å². The van der Waals surface area contributed by atoms with Crippen LogP contribution < -0.4 is 5.32 Å². The van der Waals surface area contributed by atoms with Gasteiger partial charge in [0.15, 0.2) is 5.13 Å². The molecule has 0 atom stereocenters. The van der Waals surface area contributed by atoms with E-state index in [1.807, 2.05) is 0 Å². The summed E-state index contributed by atoms with van der Waals surface area (Å²) in [4.78, 5) is 17.4. The number of carbonyl (C=O) groups is 1. The molecular formula is C20H20N2O2S. The summed E-state index contributed by atoms with van der Waals surface area (Å²) in [5, 5.41) is 3.24.